The quantitative estimate of drug-likeness (QED) is 0.787. The zero-order chi connectivity index (χ0) is 12.4. The van der Waals surface area contributed by atoms with Crippen LogP contribution in [-0.2, 0) is 11.2 Å². The van der Waals surface area contributed by atoms with Crippen LogP contribution >= 0.6 is 11.8 Å². The Balaban J connectivity index is 2.18. The maximum absolute atomic E-state index is 10.6. The highest BCUT2D eigenvalue weighted by molar-refractivity contribution is 7.99. The zero-order valence-corrected chi connectivity index (χ0v) is 10.9. The van der Waals surface area contributed by atoms with Crippen LogP contribution < -0.4 is 0 Å². The van der Waals surface area contributed by atoms with Crippen LogP contribution in [0, 0.1) is 5.92 Å². The van der Waals surface area contributed by atoms with Gasteiger partial charge >= 0.3 is 5.97 Å². The number of hydrogen-bond acceptors (Lipinski definition) is 4. The standard InChI is InChI=1S/C11H17N3O2S/c1-3-9-12-13-11(17-6-10(15)16)14(9)7(2)8-4-5-8/h7-8H,3-6H2,1-2H3,(H,15,16). The van der Waals surface area contributed by atoms with Crippen molar-refractivity contribution in [3.63, 3.8) is 0 Å². The van der Waals surface area contributed by atoms with Gasteiger partial charge in [0.2, 0.25) is 0 Å². The largest absolute Gasteiger partial charge is 0.481 e. The lowest BCUT2D eigenvalue weighted by atomic mass is 10.2. The molecule has 1 aromatic rings. The van der Waals surface area contributed by atoms with Crippen molar-refractivity contribution in [1.29, 1.82) is 0 Å². The predicted molar refractivity (Wildman–Crippen MR) is 65.2 cm³/mol. The molecular formula is C11H17N3O2S. The van der Waals surface area contributed by atoms with Gasteiger partial charge < -0.3 is 9.67 Å². The number of aliphatic carboxylic acids is 1. The minimum atomic E-state index is -0.818. The van der Waals surface area contributed by atoms with E-state index in [1.807, 2.05) is 6.92 Å². The van der Waals surface area contributed by atoms with E-state index >= 15 is 0 Å². The number of nitrogens with zero attached hydrogens (tertiary/aromatic N) is 3. The van der Waals surface area contributed by atoms with Crippen molar-refractivity contribution in [3.05, 3.63) is 5.82 Å². The molecule has 0 bridgehead atoms. The molecule has 0 aromatic carbocycles. The van der Waals surface area contributed by atoms with Crippen LogP contribution in [0.25, 0.3) is 0 Å². The molecule has 17 heavy (non-hydrogen) atoms. The summed E-state index contributed by atoms with van der Waals surface area (Å²) in [6, 6.07) is 0.385. The summed E-state index contributed by atoms with van der Waals surface area (Å²) in [4.78, 5) is 10.6. The van der Waals surface area contributed by atoms with Gasteiger partial charge in [-0.05, 0) is 25.7 Å². The molecule has 1 atom stereocenters. The molecule has 2 rings (SSSR count). The average Bonchev–Trinajstić information content (AvgIpc) is 3.05. The number of aromatic nitrogens is 3. The third kappa shape index (κ3) is 2.80. The molecule has 6 heteroatoms. The maximum Gasteiger partial charge on any atom is 0.313 e. The average molecular weight is 255 g/mol. The van der Waals surface area contributed by atoms with Crippen LogP contribution in [0.15, 0.2) is 5.16 Å². The van der Waals surface area contributed by atoms with Crippen LogP contribution in [0.1, 0.15) is 38.6 Å². The Kier molecular flexibility index (Phi) is 3.71. The molecule has 5 nitrogen and oxygen atoms in total. The topological polar surface area (TPSA) is 68.0 Å². The molecule has 0 amide bonds. The van der Waals surface area contributed by atoms with Crippen molar-refractivity contribution in [2.24, 2.45) is 5.92 Å². The van der Waals surface area contributed by atoms with Gasteiger partial charge in [-0.15, -0.1) is 10.2 Å². The molecule has 1 fully saturated rings. The zero-order valence-electron chi connectivity index (χ0n) is 10.1. The fourth-order valence-electron chi connectivity index (χ4n) is 1.97. The molecule has 94 valence electrons. The smallest absolute Gasteiger partial charge is 0.313 e. The Morgan fingerprint density at radius 1 is 1.59 bits per heavy atom. The van der Waals surface area contributed by atoms with Crippen molar-refractivity contribution >= 4 is 17.7 Å². The minimum Gasteiger partial charge on any atom is -0.481 e. The van der Waals surface area contributed by atoms with Gasteiger partial charge in [-0.25, -0.2) is 0 Å². The molecular weight excluding hydrogens is 238 g/mol. The van der Waals surface area contributed by atoms with E-state index in [1.54, 1.807) is 0 Å². The third-order valence-corrected chi connectivity index (χ3v) is 4.02. The third-order valence-electron chi connectivity index (χ3n) is 3.09. The Bertz CT molecular complexity index is 415. The fourth-order valence-corrected chi connectivity index (χ4v) is 2.73. The van der Waals surface area contributed by atoms with E-state index in [4.69, 9.17) is 5.11 Å². The number of thioether (sulfide) groups is 1. The predicted octanol–water partition coefficient (Wildman–Crippen LogP) is 1.99. The summed E-state index contributed by atoms with van der Waals surface area (Å²) in [7, 11) is 0. The number of carbonyl (C=O) groups is 1. The van der Waals surface area contributed by atoms with Gasteiger partial charge in [-0.1, -0.05) is 18.7 Å². The van der Waals surface area contributed by atoms with Crippen LogP contribution in [0.4, 0.5) is 0 Å². The summed E-state index contributed by atoms with van der Waals surface area (Å²) in [6.07, 6.45) is 3.34. The number of hydrogen-bond donors (Lipinski definition) is 1. The van der Waals surface area contributed by atoms with Gasteiger partial charge in [0.15, 0.2) is 5.16 Å². The SMILES string of the molecule is CCc1nnc(SCC(=O)O)n1C(C)C1CC1. The first kappa shape index (κ1) is 12.4. The summed E-state index contributed by atoms with van der Waals surface area (Å²) in [5, 5.41) is 17.7. The summed E-state index contributed by atoms with van der Waals surface area (Å²) >= 11 is 1.25. The Labute approximate surface area is 105 Å². The normalized spacial score (nSPS) is 17.1. The highest BCUT2D eigenvalue weighted by atomic mass is 32.2. The van der Waals surface area contributed by atoms with Gasteiger partial charge in [0, 0.05) is 12.5 Å². The number of carboxylic acid groups (broad SMARTS) is 1. The van der Waals surface area contributed by atoms with E-state index < -0.39 is 5.97 Å². The van der Waals surface area contributed by atoms with Gasteiger partial charge in [0.1, 0.15) is 5.82 Å². The van der Waals surface area contributed by atoms with Gasteiger partial charge in [0.25, 0.3) is 0 Å². The van der Waals surface area contributed by atoms with E-state index in [2.05, 4.69) is 21.7 Å². The molecule has 1 aliphatic rings. The van der Waals surface area contributed by atoms with Crippen molar-refractivity contribution < 1.29 is 9.90 Å². The van der Waals surface area contributed by atoms with Gasteiger partial charge in [-0.3, -0.25) is 4.79 Å². The number of aryl methyl sites for hydroxylation is 1. The van der Waals surface area contributed by atoms with Crippen LogP contribution in [0.5, 0.6) is 0 Å². The van der Waals surface area contributed by atoms with Crippen molar-refractivity contribution in [3.8, 4) is 0 Å². The van der Waals surface area contributed by atoms with E-state index in [0.29, 0.717) is 12.0 Å². The maximum atomic E-state index is 10.6. The molecule has 0 aliphatic heterocycles. The second-order valence-electron chi connectivity index (χ2n) is 4.38. The second kappa shape index (κ2) is 5.08. The Hall–Kier alpha value is -1.04. The fraction of sp³-hybridized carbons (Fsp3) is 0.727. The molecule has 1 aromatic heterocycles. The van der Waals surface area contributed by atoms with Crippen molar-refractivity contribution in [1.82, 2.24) is 14.8 Å². The van der Waals surface area contributed by atoms with Crippen molar-refractivity contribution in [2.75, 3.05) is 5.75 Å². The second-order valence-corrected chi connectivity index (χ2v) is 5.33. The molecule has 0 radical (unpaired) electrons. The van der Waals surface area contributed by atoms with E-state index in [0.717, 1.165) is 17.4 Å². The van der Waals surface area contributed by atoms with E-state index in [-0.39, 0.29) is 5.75 Å². The molecule has 1 unspecified atom stereocenters. The number of carboxylic acids is 1. The van der Waals surface area contributed by atoms with Crippen LogP contribution in [0.3, 0.4) is 0 Å². The minimum absolute atomic E-state index is 0.0409. The van der Waals surface area contributed by atoms with Crippen molar-refractivity contribution in [2.45, 2.75) is 44.3 Å². The van der Waals surface area contributed by atoms with Gasteiger partial charge in [0.05, 0.1) is 5.75 Å². The monoisotopic (exact) mass is 255 g/mol. The summed E-state index contributed by atoms with van der Waals surface area (Å²) in [5.74, 6) is 0.888. The molecule has 1 aliphatic carbocycles. The lowest BCUT2D eigenvalue weighted by Gasteiger charge is -2.16. The van der Waals surface area contributed by atoms with E-state index in [9.17, 15) is 4.79 Å². The van der Waals surface area contributed by atoms with Gasteiger partial charge in [-0.2, -0.15) is 0 Å². The first-order chi connectivity index (χ1) is 8.13. The molecule has 1 saturated carbocycles. The first-order valence-electron chi connectivity index (χ1n) is 5.91. The highest BCUT2D eigenvalue weighted by Crippen LogP contribution is 2.41. The molecule has 0 spiro atoms. The Morgan fingerprint density at radius 2 is 2.29 bits per heavy atom. The first-order valence-corrected chi connectivity index (χ1v) is 6.90. The highest BCUT2D eigenvalue weighted by Gasteiger charge is 2.32. The van der Waals surface area contributed by atoms with Crippen LogP contribution in [-0.4, -0.2) is 31.6 Å². The van der Waals surface area contributed by atoms with E-state index in [1.165, 1.54) is 24.6 Å². The summed E-state index contributed by atoms with van der Waals surface area (Å²) in [6.45, 7) is 4.22. The van der Waals surface area contributed by atoms with Crippen LogP contribution in [0.2, 0.25) is 0 Å². The lowest BCUT2D eigenvalue weighted by molar-refractivity contribution is -0.133. The summed E-state index contributed by atoms with van der Waals surface area (Å²) < 4.78 is 2.12. The Morgan fingerprint density at radius 3 is 2.82 bits per heavy atom. The lowest BCUT2D eigenvalue weighted by Crippen LogP contribution is -2.12. The molecule has 0 saturated heterocycles. The number of rotatable bonds is 6. The summed E-state index contributed by atoms with van der Waals surface area (Å²) in [5.41, 5.74) is 0. The molecule has 1 heterocycles. The molecule has 1 N–H and O–H groups in total.